The summed E-state index contributed by atoms with van der Waals surface area (Å²) >= 11 is 0. The highest BCUT2D eigenvalue weighted by atomic mass is 16.6. The summed E-state index contributed by atoms with van der Waals surface area (Å²) in [6.45, 7) is 6.50. The standard InChI is InChI=1S/C26H34O5/c1-15(27)30-18-8-10-24(2)17(12-18)5-6-20-19(24)9-11-25(3)21(13-22-26(20,25)31-22)16-4-7-23(28)29-14-16/h4,7,14,17-22H,5-6,8-13H2,1-3H3/t17-,18+,19+,20-,21-,22-,24+,25-,26-/m1/s1. The van der Waals surface area contributed by atoms with Crippen molar-refractivity contribution >= 4 is 5.97 Å². The van der Waals surface area contributed by atoms with Crippen molar-refractivity contribution in [3.05, 3.63) is 34.4 Å². The lowest BCUT2D eigenvalue weighted by atomic mass is 9.44. The number of carbonyl (C=O) groups is 1. The van der Waals surface area contributed by atoms with Gasteiger partial charge in [-0.15, -0.1) is 0 Å². The van der Waals surface area contributed by atoms with Crippen LogP contribution in [-0.4, -0.2) is 23.8 Å². The van der Waals surface area contributed by atoms with Crippen molar-refractivity contribution in [2.75, 3.05) is 0 Å². The van der Waals surface area contributed by atoms with Crippen molar-refractivity contribution in [2.24, 2.45) is 28.6 Å². The van der Waals surface area contributed by atoms with Gasteiger partial charge >= 0.3 is 11.6 Å². The maximum Gasteiger partial charge on any atom is 0.335 e. The van der Waals surface area contributed by atoms with Gasteiger partial charge in [-0.2, -0.15) is 0 Å². The number of ether oxygens (including phenoxy) is 2. The number of epoxide rings is 1. The van der Waals surface area contributed by atoms with E-state index in [0.29, 0.717) is 35.2 Å². The minimum absolute atomic E-state index is 0.00255. The number of fused-ring (bicyclic) bond motifs is 3. The van der Waals surface area contributed by atoms with Gasteiger partial charge in [-0.3, -0.25) is 4.79 Å². The smallest absolute Gasteiger partial charge is 0.335 e. The molecule has 0 radical (unpaired) electrons. The quantitative estimate of drug-likeness (QED) is 0.500. The van der Waals surface area contributed by atoms with Gasteiger partial charge in [0.25, 0.3) is 0 Å². The molecule has 31 heavy (non-hydrogen) atoms. The highest BCUT2D eigenvalue weighted by Gasteiger charge is 2.80. The lowest BCUT2D eigenvalue weighted by Gasteiger charge is -2.61. The Kier molecular flexibility index (Phi) is 4.17. The monoisotopic (exact) mass is 426 g/mol. The molecule has 1 aliphatic heterocycles. The minimum atomic E-state index is -0.276. The minimum Gasteiger partial charge on any atom is -0.463 e. The van der Waals surface area contributed by atoms with Gasteiger partial charge in [0.15, 0.2) is 0 Å². The van der Waals surface area contributed by atoms with Crippen molar-refractivity contribution in [1.82, 2.24) is 0 Å². The zero-order valence-corrected chi connectivity index (χ0v) is 18.9. The molecular weight excluding hydrogens is 392 g/mol. The summed E-state index contributed by atoms with van der Waals surface area (Å²) in [5, 5.41) is 0. The van der Waals surface area contributed by atoms with Crippen molar-refractivity contribution in [3.63, 3.8) is 0 Å². The Bertz CT molecular complexity index is 948. The number of rotatable bonds is 2. The first-order valence-corrected chi connectivity index (χ1v) is 12.2. The van der Waals surface area contributed by atoms with Crippen LogP contribution >= 0.6 is 0 Å². The predicted molar refractivity (Wildman–Crippen MR) is 114 cm³/mol. The summed E-state index contributed by atoms with van der Waals surface area (Å²) in [5.74, 6) is 2.21. The molecule has 0 N–H and O–H groups in total. The summed E-state index contributed by atoms with van der Waals surface area (Å²) in [6, 6.07) is 3.54. The first-order valence-electron chi connectivity index (χ1n) is 12.2. The second-order valence-corrected chi connectivity index (χ2v) is 11.5. The molecule has 168 valence electrons. The molecule has 0 bridgehead atoms. The summed E-state index contributed by atoms with van der Waals surface area (Å²) < 4.78 is 17.5. The lowest BCUT2D eigenvalue weighted by Crippen LogP contribution is -2.58. The van der Waals surface area contributed by atoms with E-state index in [-0.39, 0.29) is 28.7 Å². The van der Waals surface area contributed by atoms with Crippen molar-refractivity contribution in [3.8, 4) is 0 Å². The highest BCUT2D eigenvalue weighted by Crippen LogP contribution is 2.77. The largest absolute Gasteiger partial charge is 0.463 e. The first-order chi connectivity index (χ1) is 14.8. The molecule has 2 heterocycles. The molecule has 4 aliphatic carbocycles. The molecular formula is C26H34O5. The molecule has 0 amide bonds. The van der Waals surface area contributed by atoms with Gasteiger partial charge in [-0.05, 0) is 92.1 Å². The van der Waals surface area contributed by atoms with Crippen LogP contribution in [0.1, 0.15) is 83.6 Å². The van der Waals surface area contributed by atoms with Crippen LogP contribution in [0.5, 0.6) is 0 Å². The molecule has 5 nitrogen and oxygen atoms in total. The fourth-order valence-corrected chi connectivity index (χ4v) is 9.06. The normalized spacial score (nSPS) is 49.9. The van der Waals surface area contributed by atoms with Gasteiger partial charge in [-0.1, -0.05) is 13.8 Å². The Morgan fingerprint density at radius 2 is 1.90 bits per heavy atom. The molecule has 4 saturated carbocycles. The summed E-state index contributed by atoms with van der Waals surface area (Å²) in [5.41, 5.74) is 1.32. The van der Waals surface area contributed by atoms with Crippen LogP contribution < -0.4 is 5.63 Å². The van der Waals surface area contributed by atoms with E-state index >= 15 is 0 Å². The molecule has 5 heteroatoms. The fourth-order valence-electron chi connectivity index (χ4n) is 9.06. The SMILES string of the molecule is CC(=O)O[C@H]1CC[C@@]2(C)[C@H](CC[C@@H]3[C@@H]2CC[C@]2(C)[C@@H](c4ccc(=O)oc4)C[C@H]4O[C@]342)C1. The molecule has 9 atom stereocenters. The van der Waals surface area contributed by atoms with E-state index in [1.54, 1.807) is 12.3 Å². The number of esters is 1. The van der Waals surface area contributed by atoms with Crippen LogP contribution in [0, 0.1) is 28.6 Å². The fraction of sp³-hybridized carbons (Fsp3) is 0.769. The van der Waals surface area contributed by atoms with Gasteiger partial charge in [0.2, 0.25) is 0 Å². The lowest BCUT2D eigenvalue weighted by molar-refractivity contribution is -0.162. The molecule has 1 saturated heterocycles. The Balaban J connectivity index is 1.28. The zero-order valence-electron chi connectivity index (χ0n) is 18.9. The Morgan fingerprint density at radius 3 is 2.65 bits per heavy atom. The molecule has 0 aromatic carbocycles. The summed E-state index contributed by atoms with van der Waals surface area (Å²) in [6.07, 6.45) is 11.2. The third-order valence-corrected chi connectivity index (χ3v) is 10.5. The van der Waals surface area contributed by atoms with E-state index < -0.39 is 0 Å². The maximum atomic E-state index is 11.5. The third kappa shape index (κ3) is 2.59. The van der Waals surface area contributed by atoms with Crippen LogP contribution in [0.2, 0.25) is 0 Å². The van der Waals surface area contributed by atoms with Crippen LogP contribution in [0.25, 0.3) is 0 Å². The topological polar surface area (TPSA) is 69.0 Å². The molecule has 6 rings (SSSR count). The summed E-state index contributed by atoms with van der Waals surface area (Å²) in [7, 11) is 0. The van der Waals surface area contributed by atoms with Crippen LogP contribution in [-0.2, 0) is 14.3 Å². The second kappa shape index (κ2) is 6.46. The molecule has 5 aliphatic rings. The van der Waals surface area contributed by atoms with Gasteiger partial charge in [0.05, 0.1) is 12.4 Å². The van der Waals surface area contributed by atoms with Gasteiger partial charge in [0, 0.05) is 18.4 Å². The molecule has 5 fully saturated rings. The average Bonchev–Trinajstić information content (AvgIpc) is 3.39. The third-order valence-electron chi connectivity index (χ3n) is 10.5. The number of carbonyl (C=O) groups excluding carboxylic acids is 1. The van der Waals surface area contributed by atoms with Gasteiger partial charge in [-0.25, -0.2) is 4.79 Å². The molecule has 1 aromatic heterocycles. The van der Waals surface area contributed by atoms with Crippen molar-refractivity contribution < 1.29 is 18.7 Å². The average molecular weight is 427 g/mol. The Hall–Kier alpha value is -1.62. The van der Waals surface area contributed by atoms with Crippen LogP contribution in [0.3, 0.4) is 0 Å². The Labute approximate surface area is 183 Å². The number of hydrogen-bond acceptors (Lipinski definition) is 5. The van der Waals surface area contributed by atoms with E-state index in [9.17, 15) is 9.59 Å². The predicted octanol–water partition coefficient (Wildman–Crippen LogP) is 4.83. The van der Waals surface area contributed by atoms with E-state index in [1.165, 1.54) is 32.6 Å². The van der Waals surface area contributed by atoms with Crippen LogP contribution in [0.15, 0.2) is 27.6 Å². The Morgan fingerprint density at radius 1 is 1.06 bits per heavy atom. The highest BCUT2D eigenvalue weighted by molar-refractivity contribution is 5.66. The first kappa shape index (κ1) is 20.0. The maximum absolute atomic E-state index is 11.5. The molecule has 1 aromatic rings. The van der Waals surface area contributed by atoms with Crippen LogP contribution in [0.4, 0.5) is 0 Å². The second-order valence-electron chi connectivity index (χ2n) is 11.5. The number of hydrogen-bond donors (Lipinski definition) is 0. The molecule has 1 spiro atoms. The summed E-state index contributed by atoms with van der Waals surface area (Å²) in [4.78, 5) is 23.0. The van der Waals surface area contributed by atoms with Gasteiger partial charge in [0.1, 0.15) is 11.7 Å². The van der Waals surface area contributed by atoms with Crippen molar-refractivity contribution in [1.29, 1.82) is 0 Å². The van der Waals surface area contributed by atoms with Gasteiger partial charge < -0.3 is 13.9 Å². The van der Waals surface area contributed by atoms with E-state index in [2.05, 4.69) is 13.8 Å². The zero-order chi connectivity index (χ0) is 21.6. The van der Waals surface area contributed by atoms with E-state index in [4.69, 9.17) is 13.9 Å². The van der Waals surface area contributed by atoms with E-state index in [0.717, 1.165) is 31.2 Å². The molecule has 0 unspecified atom stereocenters. The van der Waals surface area contributed by atoms with Crippen molar-refractivity contribution in [2.45, 2.75) is 95.9 Å². The van der Waals surface area contributed by atoms with E-state index in [1.807, 2.05) is 6.07 Å².